The Morgan fingerprint density at radius 1 is 1.24 bits per heavy atom. The van der Waals surface area contributed by atoms with E-state index in [9.17, 15) is 9.59 Å². The van der Waals surface area contributed by atoms with Gasteiger partial charge in [0.2, 0.25) is 0 Å². The minimum Gasteiger partial charge on any atom is -0.301 e. The fraction of sp³-hybridized carbons (Fsp3) is 0.0667. The number of carbonyl (C=O) groups is 1. The highest BCUT2D eigenvalue weighted by Gasteiger charge is 2.15. The third-order valence-electron chi connectivity index (χ3n) is 3.18. The lowest BCUT2D eigenvalue weighted by atomic mass is 10.2. The van der Waals surface area contributed by atoms with Crippen molar-refractivity contribution in [2.45, 2.75) is 6.54 Å². The lowest BCUT2D eigenvalue weighted by molar-refractivity contribution is -0.108. The van der Waals surface area contributed by atoms with Crippen LogP contribution in [0.25, 0.3) is 21.7 Å². The number of aromatic nitrogens is 3. The molecule has 0 aliphatic rings. The van der Waals surface area contributed by atoms with Gasteiger partial charge in [0.25, 0.3) is 0 Å². The van der Waals surface area contributed by atoms with Gasteiger partial charge in [0.05, 0.1) is 24.2 Å². The Morgan fingerprint density at radius 3 is 2.76 bits per heavy atom. The number of nitrogens with zero attached hydrogens (tertiary/aromatic N) is 4. The molecule has 102 valence electrons. The van der Waals surface area contributed by atoms with E-state index in [-0.39, 0.29) is 12.2 Å². The van der Waals surface area contributed by atoms with Crippen LogP contribution in [-0.2, 0) is 11.3 Å². The zero-order valence-corrected chi connectivity index (χ0v) is 10.9. The number of hydrogen-bond acceptors (Lipinski definition) is 3. The molecule has 0 fully saturated rings. The Labute approximate surface area is 119 Å². The summed E-state index contributed by atoms with van der Waals surface area (Å²) in [5.41, 5.74) is 1.23. The molecule has 0 unspecified atom stereocenters. The molecule has 0 spiro atoms. The van der Waals surface area contributed by atoms with E-state index in [1.165, 1.54) is 9.13 Å². The van der Waals surface area contributed by atoms with Crippen LogP contribution in [0.4, 0.5) is 5.69 Å². The molecule has 0 aliphatic carbocycles. The lowest BCUT2D eigenvalue weighted by Crippen LogP contribution is -2.24. The Kier molecular flexibility index (Phi) is 3.09. The molecule has 0 atom stereocenters. The van der Waals surface area contributed by atoms with Gasteiger partial charge in [-0.1, -0.05) is 12.1 Å². The zero-order valence-electron chi connectivity index (χ0n) is 10.9. The molecular weight excluding hydrogens is 268 g/mol. The van der Waals surface area contributed by atoms with Gasteiger partial charge >= 0.3 is 5.69 Å². The van der Waals surface area contributed by atoms with Crippen molar-refractivity contribution >= 4 is 23.0 Å². The van der Waals surface area contributed by atoms with Crippen molar-refractivity contribution in [2.75, 3.05) is 0 Å². The number of pyridine rings is 1. The summed E-state index contributed by atoms with van der Waals surface area (Å²) in [6.45, 7) is 7.01. The summed E-state index contributed by atoms with van der Waals surface area (Å²) in [6, 6.07) is 10.2. The van der Waals surface area contributed by atoms with E-state index < -0.39 is 0 Å². The van der Waals surface area contributed by atoms with Gasteiger partial charge in [0, 0.05) is 6.20 Å². The van der Waals surface area contributed by atoms with Crippen LogP contribution in [0.5, 0.6) is 0 Å². The van der Waals surface area contributed by atoms with Crippen molar-refractivity contribution < 1.29 is 4.79 Å². The minimum absolute atomic E-state index is 0.0589. The third-order valence-corrected chi connectivity index (χ3v) is 3.18. The number of imidazole rings is 1. The number of benzene rings is 1. The van der Waals surface area contributed by atoms with Gasteiger partial charge in [-0.05, 0) is 24.3 Å². The minimum atomic E-state index is -0.349. The highest BCUT2D eigenvalue weighted by molar-refractivity contribution is 5.82. The number of aldehydes is 1. The first-order chi connectivity index (χ1) is 10.3. The molecule has 0 amide bonds. The quantitative estimate of drug-likeness (QED) is 0.543. The van der Waals surface area contributed by atoms with Gasteiger partial charge in [0.1, 0.15) is 12.1 Å². The molecule has 0 N–H and O–H groups in total. The molecule has 2 aromatic heterocycles. The van der Waals surface area contributed by atoms with Gasteiger partial charge in [-0.2, -0.15) is 0 Å². The van der Waals surface area contributed by atoms with E-state index in [0.717, 1.165) is 0 Å². The maximum atomic E-state index is 12.5. The molecule has 0 saturated carbocycles. The van der Waals surface area contributed by atoms with Crippen LogP contribution in [0.2, 0.25) is 0 Å². The van der Waals surface area contributed by atoms with Crippen LogP contribution in [0, 0.1) is 6.57 Å². The first-order valence-electron chi connectivity index (χ1n) is 6.24. The fourth-order valence-electron chi connectivity index (χ4n) is 2.27. The van der Waals surface area contributed by atoms with Gasteiger partial charge in [-0.15, -0.1) is 0 Å². The molecule has 0 bridgehead atoms. The Balaban J connectivity index is 2.41. The van der Waals surface area contributed by atoms with Crippen LogP contribution in [0.15, 0.2) is 47.4 Å². The van der Waals surface area contributed by atoms with Gasteiger partial charge in [-0.25, -0.2) is 19.2 Å². The standard InChI is InChI=1S/C15H10N4O2/c1-16-11-5-6-12-13(10-11)18(8-9-20)15(21)19(12)14-4-2-3-7-17-14/h2-7,9-10H,8H2. The second-order valence-corrected chi connectivity index (χ2v) is 4.37. The lowest BCUT2D eigenvalue weighted by Gasteiger charge is -2.01. The average Bonchev–Trinajstić information content (AvgIpc) is 2.80. The van der Waals surface area contributed by atoms with E-state index in [4.69, 9.17) is 6.57 Å². The van der Waals surface area contributed by atoms with E-state index in [1.807, 2.05) is 0 Å². The van der Waals surface area contributed by atoms with E-state index in [1.54, 1.807) is 42.6 Å². The normalized spacial score (nSPS) is 10.4. The highest BCUT2D eigenvalue weighted by Crippen LogP contribution is 2.22. The molecule has 3 aromatic rings. The number of hydrogen-bond donors (Lipinski definition) is 0. The monoisotopic (exact) mass is 278 g/mol. The Bertz CT molecular complexity index is 916. The molecule has 21 heavy (non-hydrogen) atoms. The smallest absolute Gasteiger partial charge is 0.301 e. The van der Waals surface area contributed by atoms with Crippen LogP contribution in [0.1, 0.15) is 0 Å². The summed E-state index contributed by atoms with van der Waals surface area (Å²) < 4.78 is 2.78. The van der Waals surface area contributed by atoms with Crippen molar-refractivity contribution in [3.63, 3.8) is 0 Å². The number of fused-ring (bicyclic) bond motifs is 1. The maximum absolute atomic E-state index is 12.5. The molecule has 0 radical (unpaired) electrons. The largest absolute Gasteiger partial charge is 0.335 e. The second kappa shape index (κ2) is 5.06. The predicted octanol–water partition coefficient (Wildman–Crippen LogP) is 1.94. The van der Waals surface area contributed by atoms with Gasteiger partial charge in [-0.3, -0.25) is 4.57 Å². The predicted molar refractivity (Wildman–Crippen MR) is 77.7 cm³/mol. The fourth-order valence-corrected chi connectivity index (χ4v) is 2.27. The third kappa shape index (κ3) is 2.01. The van der Waals surface area contributed by atoms with Gasteiger partial charge < -0.3 is 4.79 Å². The van der Waals surface area contributed by atoms with Crippen molar-refractivity contribution in [1.29, 1.82) is 0 Å². The molecule has 0 saturated heterocycles. The zero-order chi connectivity index (χ0) is 14.8. The van der Waals surface area contributed by atoms with E-state index in [0.29, 0.717) is 28.8 Å². The maximum Gasteiger partial charge on any atom is 0.335 e. The second-order valence-electron chi connectivity index (χ2n) is 4.37. The summed E-state index contributed by atoms with van der Waals surface area (Å²) in [4.78, 5) is 30.9. The van der Waals surface area contributed by atoms with Gasteiger partial charge in [0.15, 0.2) is 5.69 Å². The number of carbonyl (C=O) groups excluding carboxylic acids is 1. The molecule has 6 nitrogen and oxygen atoms in total. The summed E-state index contributed by atoms with van der Waals surface area (Å²) in [5.74, 6) is 0.479. The first-order valence-corrected chi connectivity index (χ1v) is 6.24. The highest BCUT2D eigenvalue weighted by atomic mass is 16.2. The van der Waals surface area contributed by atoms with E-state index >= 15 is 0 Å². The van der Waals surface area contributed by atoms with Crippen LogP contribution in [0.3, 0.4) is 0 Å². The van der Waals surface area contributed by atoms with Crippen molar-refractivity contribution in [1.82, 2.24) is 14.1 Å². The molecule has 3 rings (SSSR count). The van der Waals surface area contributed by atoms with Crippen LogP contribution < -0.4 is 5.69 Å². The Morgan fingerprint density at radius 2 is 2.10 bits per heavy atom. The summed E-state index contributed by atoms with van der Waals surface area (Å²) >= 11 is 0. The molecule has 1 aromatic carbocycles. The summed E-state index contributed by atoms with van der Waals surface area (Å²) in [6.07, 6.45) is 2.26. The molecule has 6 heteroatoms. The van der Waals surface area contributed by atoms with Crippen molar-refractivity contribution in [3.05, 3.63) is 64.5 Å². The van der Waals surface area contributed by atoms with Crippen LogP contribution >= 0.6 is 0 Å². The van der Waals surface area contributed by atoms with E-state index in [2.05, 4.69) is 9.83 Å². The molecule has 2 heterocycles. The van der Waals surface area contributed by atoms with Crippen LogP contribution in [-0.4, -0.2) is 20.4 Å². The Hall–Kier alpha value is -3.20. The molecular formula is C15H10N4O2. The van der Waals surface area contributed by atoms with Crippen molar-refractivity contribution in [3.8, 4) is 5.82 Å². The average molecular weight is 278 g/mol. The summed E-state index contributed by atoms with van der Waals surface area (Å²) in [7, 11) is 0. The van der Waals surface area contributed by atoms with Crippen molar-refractivity contribution in [2.24, 2.45) is 0 Å². The summed E-state index contributed by atoms with van der Waals surface area (Å²) in [5, 5.41) is 0. The topological polar surface area (TPSA) is 61.2 Å². The first kappa shape index (κ1) is 12.8. The SMILES string of the molecule is [C-]#[N+]c1ccc2c(c1)n(CC=O)c(=O)n2-c1ccccn1. The molecule has 0 aliphatic heterocycles. The number of rotatable bonds is 3.